The van der Waals surface area contributed by atoms with Crippen LogP contribution in [0, 0.1) is 11.3 Å². The second-order valence-corrected chi connectivity index (χ2v) is 5.77. The molecule has 1 aliphatic rings. The molecule has 0 spiro atoms. The highest BCUT2D eigenvalue weighted by Gasteiger charge is 2.33. The quantitative estimate of drug-likeness (QED) is 0.733. The van der Waals surface area contributed by atoms with Crippen LogP contribution in [0.5, 0.6) is 0 Å². The van der Waals surface area contributed by atoms with Gasteiger partial charge in [-0.15, -0.1) is 0 Å². The SMILES string of the molecule is CC(C1CC1)N(C)CC(C)(C)C(C)N. The highest BCUT2D eigenvalue weighted by atomic mass is 15.1. The summed E-state index contributed by atoms with van der Waals surface area (Å²) in [6.45, 7) is 10.1. The summed E-state index contributed by atoms with van der Waals surface area (Å²) in [7, 11) is 2.23. The molecule has 2 nitrogen and oxygen atoms in total. The summed E-state index contributed by atoms with van der Waals surface area (Å²) < 4.78 is 0. The van der Waals surface area contributed by atoms with Crippen LogP contribution >= 0.6 is 0 Å². The van der Waals surface area contributed by atoms with Gasteiger partial charge in [-0.25, -0.2) is 0 Å². The maximum absolute atomic E-state index is 5.98. The van der Waals surface area contributed by atoms with E-state index in [1.807, 2.05) is 0 Å². The van der Waals surface area contributed by atoms with E-state index in [9.17, 15) is 0 Å². The largest absolute Gasteiger partial charge is 0.327 e. The third kappa shape index (κ3) is 2.96. The third-order valence-electron chi connectivity index (χ3n) is 3.89. The van der Waals surface area contributed by atoms with E-state index in [2.05, 4.69) is 39.6 Å². The first-order valence-corrected chi connectivity index (χ1v) is 5.80. The van der Waals surface area contributed by atoms with E-state index in [-0.39, 0.29) is 11.5 Å². The number of nitrogens with zero attached hydrogens (tertiary/aromatic N) is 1. The van der Waals surface area contributed by atoms with Crippen LogP contribution in [0.4, 0.5) is 0 Å². The lowest BCUT2D eigenvalue weighted by atomic mass is 9.85. The second-order valence-electron chi connectivity index (χ2n) is 5.77. The van der Waals surface area contributed by atoms with Crippen LogP contribution in [-0.4, -0.2) is 30.6 Å². The summed E-state index contributed by atoms with van der Waals surface area (Å²) in [4.78, 5) is 2.47. The van der Waals surface area contributed by atoms with Gasteiger partial charge < -0.3 is 10.6 Å². The molecular formula is C12H26N2. The van der Waals surface area contributed by atoms with Crippen molar-refractivity contribution >= 4 is 0 Å². The second kappa shape index (κ2) is 4.19. The molecule has 1 fully saturated rings. The molecule has 0 aromatic heterocycles. The lowest BCUT2D eigenvalue weighted by molar-refractivity contribution is 0.139. The van der Waals surface area contributed by atoms with Crippen molar-refractivity contribution in [1.82, 2.24) is 4.90 Å². The number of nitrogens with two attached hydrogens (primary N) is 1. The molecule has 2 atom stereocenters. The van der Waals surface area contributed by atoms with E-state index in [0.29, 0.717) is 0 Å². The standard InChI is InChI=1S/C12H26N2/c1-9(11-6-7-11)14(5)8-12(3,4)10(2)13/h9-11H,6-8,13H2,1-5H3. The van der Waals surface area contributed by atoms with E-state index in [0.717, 1.165) is 18.5 Å². The van der Waals surface area contributed by atoms with Gasteiger partial charge in [-0.3, -0.25) is 0 Å². The summed E-state index contributed by atoms with van der Waals surface area (Å²) in [6.07, 6.45) is 2.84. The minimum atomic E-state index is 0.220. The van der Waals surface area contributed by atoms with Crippen molar-refractivity contribution in [1.29, 1.82) is 0 Å². The molecule has 0 heterocycles. The molecule has 0 amide bonds. The Hall–Kier alpha value is -0.0800. The molecular weight excluding hydrogens is 172 g/mol. The fourth-order valence-corrected chi connectivity index (χ4v) is 1.87. The van der Waals surface area contributed by atoms with Crippen LogP contribution < -0.4 is 5.73 Å². The highest BCUT2D eigenvalue weighted by Crippen LogP contribution is 2.35. The fraction of sp³-hybridized carbons (Fsp3) is 1.00. The summed E-state index contributed by atoms with van der Waals surface area (Å²) in [5, 5.41) is 0. The molecule has 2 unspecified atom stereocenters. The molecule has 0 radical (unpaired) electrons. The molecule has 0 saturated heterocycles. The van der Waals surface area contributed by atoms with Gasteiger partial charge in [0.05, 0.1) is 0 Å². The van der Waals surface area contributed by atoms with Crippen molar-refractivity contribution in [3.8, 4) is 0 Å². The van der Waals surface area contributed by atoms with Gasteiger partial charge in [0.25, 0.3) is 0 Å². The molecule has 0 aromatic carbocycles. The molecule has 1 saturated carbocycles. The lowest BCUT2D eigenvalue weighted by Crippen LogP contribution is -2.46. The van der Waals surface area contributed by atoms with E-state index in [4.69, 9.17) is 5.73 Å². The van der Waals surface area contributed by atoms with Gasteiger partial charge in [0.2, 0.25) is 0 Å². The Morgan fingerprint density at radius 1 is 1.36 bits per heavy atom. The third-order valence-corrected chi connectivity index (χ3v) is 3.89. The van der Waals surface area contributed by atoms with E-state index < -0.39 is 0 Å². The van der Waals surface area contributed by atoms with Gasteiger partial charge in [0, 0.05) is 18.6 Å². The smallest absolute Gasteiger partial charge is 0.00923 e. The van der Waals surface area contributed by atoms with Crippen LogP contribution in [0.3, 0.4) is 0 Å². The fourth-order valence-electron chi connectivity index (χ4n) is 1.87. The molecule has 14 heavy (non-hydrogen) atoms. The summed E-state index contributed by atoms with van der Waals surface area (Å²) in [5.74, 6) is 0.948. The zero-order valence-electron chi connectivity index (χ0n) is 10.4. The van der Waals surface area contributed by atoms with Crippen LogP contribution in [-0.2, 0) is 0 Å². The molecule has 0 aliphatic heterocycles. The van der Waals surface area contributed by atoms with Crippen molar-refractivity contribution in [2.45, 2.75) is 52.6 Å². The Morgan fingerprint density at radius 2 is 1.86 bits per heavy atom. The Labute approximate surface area is 88.8 Å². The zero-order valence-corrected chi connectivity index (χ0v) is 10.4. The Kier molecular flexibility index (Phi) is 3.59. The molecule has 2 N–H and O–H groups in total. The first-order valence-electron chi connectivity index (χ1n) is 5.80. The average molecular weight is 198 g/mol. The average Bonchev–Trinajstić information content (AvgIpc) is 2.84. The minimum absolute atomic E-state index is 0.220. The summed E-state index contributed by atoms with van der Waals surface area (Å²) in [5.41, 5.74) is 6.20. The number of rotatable bonds is 5. The van der Waals surface area contributed by atoms with Gasteiger partial charge in [0.15, 0.2) is 0 Å². The van der Waals surface area contributed by atoms with Crippen LogP contribution in [0.15, 0.2) is 0 Å². The highest BCUT2D eigenvalue weighted by molar-refractivity contribution is 4.88. The maximum Gasteiger partial charge on any atom is 0.00923 e. The van der Waals surface area contributed by atoms with Gasteiger partial charge >= 0.3 is 0 Å². The molecule has 2 heteroatoms. The predicted molar refractivity (Wildman–Crippen MR) is 62.2 cm³/mol. The topological polar surface area (TPSA) is 29.3 Å². The molecule has 1 rings (SSSR count). The Bertz CT molecular complexity index is 183. The van der Waals surface area contributed by atoms with Crippen molar-refractivity contribution in [2.75, 3.05) is 13.6 Å². The molecule has 0 aromatic rings. The predicted octanol–water partition coefficient (Wildman–Crippen LogP) is 2.09. The normalized spacial score (nSPS) is 22.5. The molecule has 0 bridgehead atoms. The lowest BCUT2D eigenvalue weighted by Gasteiger charge is -2.36. The van der Waals surface area contributed by atoms with Gasteiger partial charge in [0.1, 0.15) is 0 Å². The first-order chi connectivity index (χ1) is 6.34. The van der Waals surface area contributed by atoms with Crippen LogP contribution in [0.2, 0.25) is 0 Å². The van der Waals surface area contributed by atoms with Gasteiger partial charge in [-0.2, -0.15) is 0 Å². The van der Waals surface area contributed by atoms with Crippen molar-refractivity contribution in [3.05, 3.63) is 0 Å². The Balaban J connectivity index is 2.41. The van der Waals surface area contributed by atoms with Crippen molar-refractivity contribution in [3.63, 3.8) is 0 Å². The monoisotopic (exact) mass is 198 g/mol. The van der Waals surface area contributed by atoms with Gasteiger partial charge in [-0.1, -0.05) is 13.8 Å². The summed E-state index contributed by atoms with van der Waals surface area (Å²) >= 11 is 0. The summed E-state index contributed by atoms with van der Waals surface area (Å²) in [6, 6.07) is 0.990. The van der Waals surface area contributed by atoms with E-state index >= 15 is 0 Å². The maximum atomic E-state index is 5.98. The zero-order chi connectivity index (χ0) is 10.9. The minimum Gasteiger partial charge on any atom is -0.327 e. The van der Waals surface area contributed by atoms with Crippen molar-refractivity contribution < 1.29 is 0 Å². The first kappa shape index (κ1) is 12.0. The molecule has 1 aliphatic carbocycles. The van der Waals surface area contributed by atoms with Crippen LogP contribution in [0.1, 0.15) is 40.5 Å². The number of hydrogen-bond donors (Lipinski definition) is 1. The van der Waals surface area contributed by atoms with Gasteiger partial charge in [-0.05, 0) is 45.1 Å². The van der Waals surface area contributed by atoms with E-state index in [1.54, 1.807) is 0 Å². The van der Waals surface area contributed by atoms with Crippen LogP contribution in [0.25, 0.3) is 0 Å². The molecule has 84 valence electrons. The van der Waals surface area contributed by atoms with Crippen molar-refractivity contribution in [2.24, 2.45) is 17.1 Å². The van der Waals surface area contributed by atoms with E-state index in [1.165, 1.54) is 12.8 Å². The number of hydrogen-bond acceptors (Lipinski definition) is 2. The Morgan fingerprint density at radius 3 is 2.21 bits per heavy atom.